The number of aromatic nitrogens is 3. The first kappa shape index (κ1) is 18.7. The van der Waals surface area contributed by atoms with Gasteiger partial charge in [0.2, 0.25) is 5.88 Å². The molecule has 1 aromatic carbocycles. The van der Waals surface area contributed by atoms with Crippen molar-refractivity contribution < 1.29 is 14.4 Å². The van der Waals surface area contributed by atoms with Crippen molar-refractivity contribution in [1.82, 2.24) is 20.3 Å². The number of rotatable bonds is 6. The Morgan fingerprint density at radius 2 is 2.29 bits per heavy atom. The fourth-order valence-electron chi connectivity index (χ4n) is 2.69. The number of hydrogen-bond acceptors (Lipinski definition) is 7. The predicted molar refractivity (Wildman–Crippen MR) is 105 cm³/mol. The van der Waals surface area contributed by atoms with Crippen molar-refractivity contribution in [2.75, 3.05) is 19.4 Å². The van der Waals surface area contributed by atoms with Gasteiger partial charge in [-0.05, 0) is 25.1 Å². The van der Waals surface area contributed by atoms with Crippen LogP contribution in [-0.2, 0) is 4.84 Å². The molecular weight excluding hydrogens is 360 g/mol. The zero-order valence-electron chi connectivity index (χ0n) is 15.3. The Morgan fingerprint density at radius 1 is 1.46 bits per heavy atom. The topological polar surface area (TPSA) is 128 Å². The molecule has 0 saturated heterocycles. The van der Waals surface area contributed by atoms with Crippen LogP contribution >= 0.6 is 0 Å². The summed E-state index contributed by atoms with van der Waals surface area (Å²) in [6.07, 6.45) is 7.87. The van der Waals surface area contributed by atoms with Crippen LogP contribution in [0.25, 0.3) is 10.9 Å². The Bertz CT molecular complexity index is 1100. The average molecular weight is 378 g/mol. The van der Waals surface area contributed by atoms with Gasteiger partial charge in [0.1, 0.15) is 30.6 Å². The SMILES string of the molecule is C#CCNC(=O)c1c(C)[nH]c2ccc(Oc3ncnc(N)c3C=NOC)cc12. The second-order valence-electron chi connectivity index (χ2n) is 5.72. The van der Waals surface area contributed by atoms with Crippen LogP contribution in [-0.4, -0.2) is 40.7 Å². The second-order valence-corrected chi connectivity index (χ2v) is 5.72. The molecule has 3 aromatic rings. The number of hydrogen-bond donors (Lipinski definition) is 3. The van der Waals surface area contributed by atoms with Gasteiger partial charge in [0.25, 0.3) is 5.91 Å². The number of aromatic amines is 1. The van der Waals surface area contributed by atoms with E-state index >= 15 is 0 Å². The predicted octanol–water partition coefficient (Wildman–Crippen LogP) is 1.98. The van der Waals surface area contributed by atoms with Crippen molar-refractivity contribution in [3.8, 4) is 24.0 Å². The van der Waals surface area contributed by atoms with Crippen LogP contribution in [0.5, 0.6) is 11.6 Å². The molecule has 0 radical (unpaired) electrons. The summed E-state index contributed by atoms with van der Waals surface area (Å²) in [6, 6.07) is 5.29. The number of ether oxygens (including phenoxy) is 1. The maximum absolute atomic E-state index is 12.5. The third kappa shape index (κ3) is 3.71. The number of nitrogens with one attached hydrogen (secondary N) is 2. The maximum atomic E-state index is 12.5. The zero-order chi connectivity index (χ0) is 20.1. The molecule has 2 aromatic heterocycles. The van der Waals surface area contributed by atoms with E-state index in [9.17, 15) is 4.79 Å². The summed E-state index contributed by atoms with van der Waals surface area (Å²) in [5, 5.41) is 7.05. The highest BCUT2D eigenvalue weighted by Crippen LogP contribution is 2.30. The molecule has 1 amide bonds. The molecule has 0 spiro atoms. The van der Waals surface area contributed by atoms with E-state index in [1.54, 1.807) is 12.1 Å². The van der Waals surface area contributed by atoms with E-state index < -0.39 is 0 Å². The summed E-state index contributed by atoms with van der Waals surface area (Å²) >= 11 is 0. The molecule has 142 valence electrons. The fraction of sp³-hybridized carbons (Fsp3) is 0.158. The van der Waals surface area contributed by atoms with Gasteiger partial charge in [0.05, 0.1) is 18.3 Å². The minimum atomic E-state index is -0.266. The molecule has 0 bridgehead atoms. The molecule has 0 fully saturated rings. The van der Waals surface area contributed by atoms with Crippen molar-refractivity contribution in [3.05, 3.63) is 41.3 Å². The zero-order valence-corrected chi connectivity index (χ0v) is 15.3. The lowest BCUT2D eigenvalue weighted by molar-refractivity contribution is 0.0960. The van der Waals surface area contributed by atoms with Gasteiger partial charge in [0.15, 0.2) is 0 Å². The maximum Gasteiger partial charge on any atom is 0.254 e. The van der Waals surface area contributed by atoms with E-state index in [0.717, 1.165) is 11.2 Å². The third-order valence-corrected chi connectivity index (χ3v) is 3.92. The van der Waals surface area contributed by atoms with E-state index in [4.69, 9.17) is 16.9 Å². The number of nitrogens with two attached hydrogens (primary N) is 1. The Hall–Kier alpha value is -4.06. The van der Waals surface area contributed by atoms with Gasteiger partial charge in [0, 0.05) is 16.6 Å². The highest BCUT2D eigenvalue weighted by atomic mass is 16.6. The van der Waals surface area contributed by atoms with Gasteiger partial charge < -0.3 is 25.6 Å². The van der Waals surface area contributed by atoms with Crippen molar-refractivity contribution in [1.29, 1.82) is 0 Å². The van der Waals surface area contributed by atoms with Gasteiger partial charge in [-0.15, -0.1) is 6.42 Å². The number of oxime groups is 1. The molecule has 0 saturated carbocycles. The summed E-state index contributed by atoms with van der Waals surface area (Å²) < 4.78 is 5.86. The van der Waals surface area contributed by atoms with Crippen LogP contribution in [0.1, 0.15) is 21.6 Å². The van der Waals surface area contributed by atoms with E-state index in [2.05, 4.69) is 36.2 Å². The van der Waals surface area contributed by atoms with Crippen LogP contribution in [0.2, 0.25) is 0 Å². The van der Waals surface area contributed by atoms with Crippen molar-refractivity contribution in [2.45, 2.75) is 6.92 Å². The largest absolute Gasteiger partial charge is 0.438 e. The lowest BCUT2D eigenvalue weighted by Crippen LogP contribution is -2.23. The summed E-state index contributed by atoms with van der Waals surface area (Å²) in [7, 11) is 1.41. The van der Waals surface area contributed by atoms with E-state index in [1.165, 1.54) is 19.7 Å². The number of amides is 1. The Kier molecular flexibility index (Phi) is 5.41. The standard InChI is InChI=1S/C19H18N6O3/c1-4-7-21-18(26)16-11(2)25-15-6-5-12(8-13(15)16)28-19-14(9-24-27-3)17(20)22-10-23-19/h1,5-6,8-10,25H,7H2,2-3H3,(H,21,26)(H2,20,22,23). The van der Waals surface area contributed by atoms with Crippen LogP contribution < -0.4 is 15.8 Å². The number of H-pyrrole nitrogens is 1. The lowest BCUT2D eigenvalue weighted by atomic mass is 10.1. The van der Waals surface area contributed by atoms with Gasteiger partial charge in [-0.25, -0.2) is 9.97 Å². The van der Waals surface area contributed by atoms with Crippen LogP contribution in [0, 0.1) is 19.3 Å². The molecule has 9 heteroatoms. The number of anilines is 1. The highest BCUT2D eigenvalue weighted by Gasteiger charge is 2.17. The molecule has 0 aliphatic rings. The number of fused-ring (bicyclic) bond motifs is 1. The monoisotopic (exact) mass is 378 g/mol. The molecule has 0 aliphatic heterocycles. The Labute approximate surface area is 161 Å². The van der Waals surface area contributed by atoms with E-state index in [1.807, 2.05) is 13.0 Å². The summed E-state index contributed by atoms with van der Waals surface area (Å²) in [4.78, 5) is 28.3. The number of benzene rings is 1. The molecule has 0 atom stereocenters. The van der Waals surface area contributed by atoms with E-state index in [-0.39, 0.29) is 24.1 Å². The molecule has 4 N–H and O–H groups in total. The van der Waals surface area contributed by atoms with E-state index in [0.29, 0.717) is 22.3 Å². The highest BCUT2D eigenvalue weighted by molar-refractivity contribution is 6.08. The van der Waals surface area contributed by atoms with Gasteiger partial charge in [-0.3, -0.25) is 4.79 Å². The first-order valence-electron chi connectivity index (χ1n) is 8.24. The third-order valence-electron chi connectivity index (χ3n) is 3.92. The average Bonchev–Trinajstić information content (AvgIpc) is 3.01. The molecule has 28 heavy (non-hydrogen) atoms. The number of carbonyl (C=O) groups is 1. The summed E-state index contributed by atoms with van der Waals surface area (Å²) in [5.74, 6) is 2.98. The number of nitrogens with zero attached hydrogens (tertiary/aromatic N) is 3. The van der Waals surface area contributed by atoms with Gasteiger partial charge >= 0.3 is 0 Å². The molecule has 2 heterocycles. The Balaban J connectivity index is 2.00. The first-order valence-corrected chi connectivity index (χ1v) is 8.24. The van der Waals surface area contributed by atoms with Crippen molar-refractivity contribution in [2.24, 2.45) is 5.16 Å². The molecular formula is C19H18N6O3. The van der Waals surface area contributed by atoms with Crippen molar-refractivity contribution >= 4 is 28.8 Å². The molecule has 0 unspecified atom stereocenters. The lowest BCUT2D eigenvalue weighted by Gasteiger charge is -2.09. The molecule has 3 rings (SSSR count). The quantitative estimate of drug-likeness (QED) is 0.342. The smallest absolute Gasteiger partial charge is 0.254 e. The minimum absolute atomic E-state index is 0.142. The van der Waals surface area contributed by atoms with Crippen LogP contribution in [0.3, 0.4) is 0 Å². The Morgan fingerprint density at radius 3 is 3.04 bits per heavy atom. The van der Waals surface area contributed by atoms with Crippen LogP contribution in [0.4, 0.5) is 5.82 Å². The normalized spacial score (nSPS) is 10.8. The number of terminal acetylenes is 1. The molecule has 9 nitrogen and oxygen atoms in total. The van der Waals surface area contributed by atoms with Gasteiger partial charge in [-0.2, -0.15) is 0 Å². The first-order chi connectivity index (χ1) is 13.5. The van der Waals surface area contributed by atoms with Gasteiger partial charge in [-0.1, -0.05) is 11.1 Å². The number of aryl methyl sites for hydroxylation is 1. The fourth-order valence-corrected chi connectivity index (χ4v) is 2.69. The summed E-state index contributed by atoms with van der Waals surface area (Å²) in [5.41, 5.74) is 8.26. The number of nitrogen functional groups attached to an aromatic ring is 1. The second kappa shape index (κ2) is 8.09. The summed E-state index contributed by atoms with van der Waals surface area (Å²) in [6.45, 7) is 1.96. The van der Waals surface area contributed by atoms with Crippen LogP contribution in [0.15, 0.2) is 29.7 Å². The van der Waals surface area contributed by atoms with Crippen molar-refractivity contribution in [3.63, 3.8) is 0 Å². The number of carbonyl (C=O) groups excluding carboxylic acids is 1. The molecule has 0 aliphatic carbocycles. The minimum Gasteiger partial charge on any atom is -0.438 e.